The van der Waals surface area contributed by atoms with Crippen molar-refractivity contribution in [3.05, 3.63) is 81.8 Å². The van der Waals surface area contributed by atoms with Crippen molar-refractivity contribution < 1.29 is 9.53 Å². The predicted octanol–water partition coefficient (Wildman–Crippen LogP) is 2.34. The van der Waals surface area contributed by atoms with Gasteiger partial charge in [-0.25, -0.2) is 4.68 Å². The van der Waals surface area contributed by atoms with E-state index in [0.29, 0.717) is 12.3 Å². The molecule has 126 valence electrons. The average Bonchev–Trinajstić information content (AvgIpc) is 3.20. The fourth-order valence-electron chi connectivity index (χ4n) is 2.92. The number of carbonyl (C=O) groups is 1. The van der Waals surface area contributed by atoms with Crippen molar-refractivity contribution in [3.63, 3.8) is 0 Å². The topological polar surface area (TPSA) is 76.1 Å². The fraction of sp³-hybridized carbons (Fsp3) is 0.158. The van der Waals surface area contributed by atoms with Crippen LogP contribution in [0.3, 0.4) is 0 Å². The number of aryl methyl sites for hydroxylation is 1. The molecule has 1 aromatic heterocycles. The van der Waals surface area contributed by atoms with Crippen LogP contribution in [0.4, 0.5) is 0 Å². The number of hydrogen-bond acceptors (Lipinski definition) is 3. The van der Waals surface area contributed by atoms with Crippen LogP contribution in [-0.2, 0) is 0 Å². The summed E-state index contributed by atoms with van der Waals surface area (Å²) in [6.07, 6.45) is 0. The summed E-state index contributed by atoms with van der Waals surface area (Å²) in [7, 11) is 0. The van der Waals surface area contributed by atoms with Gasteiger partial charge < -0.3 is 10.1 Å². The highest BCUT2D eigenvalue weighted by molar-refractivity contribution is 5.92. The van der Waals surface area contributed by atoms with Gasteiger partial charge in [0, 0.05) is 11.6 Å². The van der Waals surface area contributed by atoms with Gasteiger partial charge in [0.2, 0.25) is 0 Å². The van der Waals surface area contributed by atoms with Gasteiger partial charge in [0.1, 0.15) is 18.1 Å². The summed E-state index contributed by atoms with van der Waals surface area (Å²) in [5.74, 6) is 0.437. The van der Waals surface area contributed by atoms with E-state index in [0.717, 1.165) is 16.9 Å². The number of hydrogen-bond donors (Lipinski definition) is 2. The van der Waals surface area contributed by atoms with Gasteiger partial charge in [-0.1, -0.05) is 35.9 Å². The first-order valence-corrected chi connectivity index (χ1v) is 8.03. The van der Waals surface area contributed by atoms with Crippen LogP contribution in [0.1, 0.15) is 27.7 Å². The number of rotatable bonds is 3. The van der Waals surface area contributed by atoms with Crippen molar-refractivity contribution in [2.75, 3.05) is 6.61 Å². The van der Waals surface area contributed by atoms with E-state index < -0.39 is 0 Å². The third kappa shape index (κ3) is 2.82. The van der Waals surface area contributed by atoms with Crippen LogP contribution in [-0.4, -0.2) is 22.3 Å². The van der Waals surface area contributed by atoms with Gasteiger partial charge in [-0.05, 0) is 25.1 Å². The molecule has 6 heteroatoms. The molecule has 0 saturated carbocycles. The summed E-state index contributed by atoms with van der Waals surface area (Å²) in [6, 6.07) is 16.2. The van der Waals surface area contributed by atoms with Gasteiger partial charge in [0.05, 0.1) is 11.7 Å². The monoisotopic (exact) mass is 335 g/mol. The molecule has 0 aliphatic carbocycles. The third-order valence-corrected chi connectivity index (χ3v) is 4.26. The van der Waals surface area contributed by atoms with Crippen molar-refractivity contribution in [3.8, 4) is 11.4 Å². The molecule has 0 bridgehead atoms. The number of aromatic nitrogens is 2. The van der Waals surface area contributed by atoms with Crippen molar-refractivity contribution in [1.82, 2.24) is 15.1 Å². The van der Waals surface area contributed by atoms with Gasteiger partial charge in [0.25, 0.3) is 11.5 Å². The van der Waals surface area contributed by atoms with Crippen LogP contribution in [0, 0.1) is 6.92 Å². The number of nitrogens with zero attached hydrogens (tertiary/aromatic N) is 1. The van der Waals surface area contributed by atoms with Gasteiger partial charge in [-0.3, -0.25) is 14.7 Å². The number of fused-ring (bicyclic) bond motifs is 1. The van der Waals surface area contributed by atoms with E-state index in [1.165, 1.54) is 10.7 Å². The molecule has 1 amide bonds. The number of amides is 1. The number of ether oxygens (including phenoxy) is 1. The molecule has 1 aliphatic rings. The normalized spacial score (nSPS) is 15.5. The quantitative estimate of drug-likeness (QED) is 0.771. The second-order valence-electron chi connectivity index (χ2n) is 6.05. The minimum atomic E-state index is -0.340. The van der Waals surface area contributed by atoms with Crippen LogP contribution in [0.25, 0.3) is 5.69 Å². The Morgan fingerprint density at radius 3 is 2.76 bits per heavy atom. The maximum Gasteiger partial charge on any atom is 0.271 e. The Kier molecular flexibility index (Phi) is 3.65. The first kappa shape index (κ1) is 15.3. The smallest absolute Gasteiger partial charge is 0.271 e. The zero-order chi connectivity index (χ0) is 17.4. The molecule has 2 aromatic carbocycles. The third-order valence-electron chi connectivity index (χ3n) is 4.26. The first-order valence-electron chi connectivity index (χ1n) is 8.03. The predicted molar refractivity (Wildman–Crippen MR) is 93.3 cm³/mol. The van der Waals surface area contributed by atoms with E-state index in [2.05, 4.69) is 10.4 Å². The zero-order valence-electron chi connectivity index (χ0n) is 13.7. The molecule has 2 heterocycles. The second kappa shape index (κ2) is 5.98. The Morgan fingerprint density at radius 2 is 1.96 bits per heavy atom. The molecular formula is C19H17N3O3. The lowest BCUT2D eigenvalue weighted by Gasteiger charge is -2.10. The number of nitrogens with one attached hydrogen (secondary N) is 2. The Hall–Kier alpha value is -3.28. The highest BCUT2D eigenvalue weighted by atomic mass is 16.5. The van der Waals surface area contributed by atoms with E-state index >= 15 is 0 Å². The Bertz CT molecular complexity index is 986. The highest BCUT2D eigenvalue weighted by Crippen LogP contribution is 2.31. The number of para-hydroxylation sites is 1. The summed E-state index contributed by atoms with van der Waals surface area (Å²) in [5, 5.41) is 5.77. The van der Waals surface area contributed by atoms with Crippen molar-refractivity contribution >= 4 is 5.91 Å². The van der Waals surface area contributed by atoms with Crippen LogP contribution in [0.15, 0.2) is 59.4 Å². The molecule has 6 nitrogen and oxygen atoms in total. The zero-order valence-corrected chi connectivity index (χ0v) is 13.7. The Morgan fingerprint density at radius 1 is 1.20 bits per heavy atom. The molecule has 4 rings (SSSR count). The van der Waals surface area contributed by atoms with E-state index in [1.807, 2.05) is 55.5 Å². The maximum atomic E-state index is 12.5. The van der Waals surface area contributed by atoms with Gasteiger partial charge >= 0.3 is 0 Å². The lowest BCUT2D eigenvalue weighted by atomic mass is 10.1. The van der Waals surface area contributed by atoms with Crippen LogP contribution in [0.2, 0.25) is 0 Å². The van der Waals surface area contributed by atoms with Crippen molar-refractivity contribution in [1.29, 1.82) is 0 Å². The standard InChI is InChI=1S/C19H17N3O3/c1-12-6-8-13(9-7-12)22-18(23)10-15(21-22)19(24)20-16-11-25-17-5-3-2-4-14(16)17/h2-10,16,21H,11H2,1H3,(H,20,24). The second-order valence-corrected chi connectivity index (χ2v) is 6.05. The SMILES string of the molecule is Cc1ccc(-n2[nH]c(C(=O)NC3COc4ccccc43)cc2=O)cc1. The summed E-state index contributed by atoms with van der Waals surface area (Å²) in [4.78, 5) is 24.7. The van der Waals surface area contributed by atoms with Crippen molar-refractivity contribution in [2.24, 2.45) is 0 Å². The molecule has 0 radical (unpaired) electrons. The summed E-state index contributed by atoms with van der Waals surface area (Å²) < 4.78 is 6.92. The molecule has 0 fully saturated rings. The molecule has 1 atom stereocenters. The van der Waals surface area contributed by atoms with E-state index in [-0.39, 0.29) is 23.2 Å². The lowest BCUT2D eigenvalue weighted by Crippen LogP contribution is -2.29. The van der Waals surface area contributed by atoms with Crippen molar-refractivity contribution in [2.45, 2.75) is 13.0 Å². The van der Waals surface area contributed by atoms with E-state index in [4.69, 9.17) is 4.74 Å². The van der Waals surface area contributed by atoms with Crippen LogP contribution in [0.5, 0.6) is 5.75 Å². The largest absolute Gasteiger partial charge is 0.491 e. The molecule has 3 aromatic rings. The molecule has 0 saturated heterocycles. The Labute approximate surface area is 144 Å². The molecule has 2 N–H and O–H groups in total. The minimum Gasteiger partial charge on any atom is -0.491 e. The summed E-state index contributed by atoms with van der Waals surface area (Å²) in [5.41, 5.74) is 2.66. The maximum absolute atomic E-state index is 12.5. The number of H-pyrrole nitrogens is 1. The van der Waals surface area contributed by atoms with Gasteiger partial charge in [-0.2, -0.15) is 0 Å². The van der Waals surface area contributed by atoms with Crippen LogP contribution < -0.4 is 15.6 Å². The lowest BCUT2D eigenvalue weighted by molar-refractivity contribution is 0.0925. The number of carbonyl (C=O) groups excluding carboxylic acids is 1. The van der Waals surface area contributed by atoms with E-state index in [9.17, 15) is 9.59 Å². The molecule has 25 heavy (non-hydrogen) atoms. The minimum absolute atomic E-state index is 0.218. The Balaban J connectivity index is 1.57. The fourth-order valence-corrected chi connectivity index (χ4v) is 2.92. The highest BCUT2D eigenvalue weighted by Gasteiger charge is 2.26. The number of aromatic amines is 1. The van der Waals surface area contributed by atoms with Gasteiger partial charge in [-0.15, -0.1) is 0 Å². The average molecular weight is 335 g/mol. The molecule has 0 spiro atoms. The molecule has 1 aliphatic heterocycles. The first-order chi connectivity index (χ1) is 12.1. The summed E-state index contributed by atoms with van der Waals surface area (Å²) >= 11 is 0. The number of benzene rings is 2. The molecular weight excluding hydrogens is 318 g/mol. The summed E-state index contributed by atoms with van der Waals surface area (Å²) in [6.45, 7) is 2.36. The van der Waals surface area contributed by atoms with Gasteiger partial charge in [0.15, 0.2) is 0 Å². The van der Waals surface area contributed by atoms with E-state index in [1.54, 1.807) is 0 Å². The van der Waals surface area contributed by atoms with Crippen LogP contribution >= 0.6 is 0 Å². The molecule has 1 unspecified atom stereocenters.